The molecule has 0 spiro atoms. The predicted molar refractivity (Wildman–Crippen MR) is 77.0 cm³/mol. The van der Waals surface area contributed by atoms with Gasteiger partial charge in [-0.2, -0.15) is 5.10 Å². The minimum atomic E-state index is -3.48. The number of nitrogens with zero attached hydrogens (tertiary/aromatic N) is 2. The molecule has 0 aliphatic carbocycles. The second-order valence-electron chi connectivity index (χ2n) is 4.21. The topological polar surface area (TPSA) is 99.2 Å². The van der Waals surface area contributed by atoms with E-state index in [2.05, 4.69) is 9.82 Å². The molecule has 0 aliphatic heterocycles. The van der Waals surface area contributed by atoms with E-state index in [1.54, 1.807) is 43.6 Å². The van der Waals surface area contributed by atoms with E-state index < -0.39 is 10.0 Å². The highest BCUT2D eigenvalue weighted by Crippen LogP contribution is 2.13. The first kappa shape index (κ1) is 14.2. The van der Waals surface area contributed by atoms with Crippen LogP contribution in [-0.2, 0) is 17.1 Å². The van der Waals surface area contributed by atoms with Crippen LogP contribution in [-0.4, -0.2) is 30.6 Å². The molecule has 3 N–H and O–H groups in total. The van der Waals surface area contributed by atoms with Gasteiger partial charge in [-0.25, -0.2) is 8.42 Å². The number of aromatic nitrogens is 2. The third-order valence-electron chi connectivity index (χ3n) is 2.47. The molecule has 0 radical (unpaired) electrons. The number of aryl methyl sites for hydroxylation is 1. The number of nitrogens with two attached hydrogens (primary N) is 1. The number of nitrogens with one attached hydrogen (secondary N) is 1. The largest absolute Gasteiger partial charge is 0.492 e. The van der Waals surface area contributed by atoms with Crippen LogP contribution in [0.1, 0.15) is 0 Å². The summed E-state index contributed by atoms with van der Waals surface area (Å²) in [6, 6.07) is 8.34. The molecule has 2 aromatic rings. The molecular formula is C12H16N4O3S. The fourth-order valence-corrected chi connectivity index (χ4v) is 2.35. The summed E-state index contributed by atoms with van der Waals surface area (Å²) in [4.78, 5) is 0. The molecule has 1 aromatic carbocycles. The van der Waals surface area contributed by atoms with E-state index >= 15 is 0 Å². The van der Waals surface area contributed by atoms with Gasteiger partial charge < -0.3 is 10.5 Å². The monoisotopic (exact) mass is 296 g/mol. The molecule has 8 heteroatoms. The van der Waals surface area contributed by atoms with Gasteiger partial charge in [0.1, 0.15) is 18.1 Å². The molecule has 0 fully saturated rings. The summed E-state index contributed by atoms with van der Waals surface area (Å²) in [5, 5.41) is 3.94. The molecule has 1 heterocycles. The van der Waals surface area contributed by atoms with Crippen LogP contribution in [0.2, 0.25) is 0 Å². The summed E-state index contributed by atoms with van der Waals surface area (Å²) >= 11 is 0. The fraction of sp³-hybridized carbons (Fsp3) is 0.250. The first-order chi connectivity index (χ1) is 9.44. The Labute approximate surface area is 117 Å². The highest BCUT2D eigenvalue weighted by atomic mass is 32.2. The first-order valence-electron chi connectivity index (χ1n) is 5.93. The summed E-state index contributed by atoms with van der Waals surface area (Å²) in [5.41, 5.74) is 6.17. The average Bonchev–Trinajstić information content (AvgIpc) is 2.76. The molecule has 0 aliphatic rings. The Morgan fingerprint density at radius 1 is 1.30 bits per heavy atom. The Bertz CT molecular complexity index is 664. The van der Waals surface area contributed by atoms with Gasteiger partial charge in [-0.3, -0.25) is 9.40 Å². The van der Waals surface area contributed by atoms with Gasteiger partial charge >= 0.3 is 0 Å². The summed E-state index contributed by atoms with van der Waals surface area (Å²) in [7, 11) is -1.76. The molecule has 2 rings (SSSR count). The number of hydrogen-bond acceptors (Lipinski definition) is 5. The second-order valence-corrected chi connectivity index (χ2v) is 6.05. The van der Waals surface area contributed by atoms with E-state index in [-0.39, 0.29) is 12.4 Å². The minimum Gasteiger partial charge on any atom is -0.492 e. The Kier molecular flexibility index (Phi) is 4.14. The van der Waals surface area contributed by atoms with Gasteiger partial charge in [0.15, 0.2) is 5.82 Å². The molecule has 7 nitrogen and oxygen atoms in total. The lowest BCUT2D eigenvalue weighted by Gasteiger charge is -2.08. The van der Waals surface area contributed by atoms with E-state index in [9.17, 15) is 8.42 Å². The Morgan fingerprint density at radius 3 is 2.60 bits per heavy atom. The zero-order valence-electron chi connectivity index (χ0n) is 11.0. The number of hydrogen-bond donors (Lipinski definition) is 2. The molecular weight excluding hydrogens is 280 g/mol. The fourth-order valence-electron chi connectivity index (χ4n) is 1.51. The van der Waals surface area contributed by atoms with Crippen molar-refractivity contribution in [1.82, 2.24) is 9.78 Å². The van der Waals surface area contributed by atoms with Crippen LogP contribution in [0.4, 0.5) is 11.5 Å². The maximum Gasteiger partial charge on any atom is 0.237 e. The van der Waals surface area contributed by atoms with Gasteiger partial charge in [-0.15, -0.1) is 0 Å². The molecule has 108 valence electrons. The normalized spacial score (nSPS) is 11.2. The van der Waals surface area contributed by atoms with Crippen molar-refractivity contribution in [2.75, 3.05) is 22.8 Å². The van der Waals surface area contributed by atoms with E-state index in [4.69, 9.17) is 10.5 Å². The van der Waals surface area contributed by atoms with Crippen LogP contribution in [0.15, 0.2) is 36.5 Å². The van der Waals surface area contributed by atoms with Crippen LogP contribution < -0.4 is 15.2 Å². The van der Waals surface area contributed by atoms with Gasteiger partial charge in [0.05, 0.1) is 0 Å². The third kappa shape index (κ3) is 4.16. The van der Waals surface area contributed by atoms with E-state index in [1.165, 1.54) is 4.68 Å². The molecule has 0 bridgehead atoms. The van der Waals surface area contributed by atoms with Crippen molar-refractivity contribution in [3.63, 3.8) is 0 Å². The van der Waals surface area contributed by atoms with Crippen molar-refractivity contribution in [1.29, 1.82) is 0 Å². The molecule has 1 aromatic heterocycles. The number of sulfonamides is 1. The minimum absolute atomic E-state index is 0.0477. The van der Waals surface area contributed by atoms with Gasteiger partial charge in [0.2, 0.25) is 10.0 Å². The lowest BCUT2D eigenvalue weighted by molar-refractivity contribution is 0.341. The summed E-state index contributed by atoms with van der Waals surface area (Å²) in [5.74, 6) is 0.709. The van der Waals surface area contributed by atoms with Crippen molar-refractivity contribution < 1.29 is 13.2 Å². The molecule has 0 unspecified atom stereocenters. The van der Waals surface area contributed by atoms with Crippen molar-refractivity contribution in [2.24, 2.45) is 7.05 Å². The van der Waals surface area contributed by atoms with Crippen molar-refractivity contribution in [2.45, 2.75) is 0 Å². The van der Waals surface area contributed by atoms with Crippen molar-refractivity contribution in [3.8, 4) is 5.75 Å². The van der Waals surface area contributed by atoms with Gasteiger partial charge in [-0.1, -0.05) is 0 Å². The van der Waals surface area contributed by atoms with Crippen LogP contribution in [0.3, 0.4) is 0 Å². The van der Waals surface area contributed by atoms with Gasteiger partial charge in [0, 0.05) is 25.0 Å². The highest BCUT2D eigenvalue weighted by Gasteiger charge is 2.12. The van der Waals surface area contributed by atoms with Gasteiger partial charge in [-0.05, 0) is 24.3 Å². The molecule has 0 saturated carbocycles. The van der Waals surface area contributed by atoms with Crippen LogP contribution in [0, 0.1) is 0 Å². The molecule has 20 heavy (non-hydrogen) atoms. The average molecular weight is 296 g/mol. The van der Waals surface area contributed by atoms with Crippen LogP contribution >= 0.6 is 0 Å². The number of ether oxygens (including phenoxy) is 1. The van der Waals surface area contributed by atoms with E-state index in [0.717, 1.165) is 0 Å². The number of anilines is 2. The molecule has 0 saturated heterocycles. The van der Waals surface area contributed by atoms with Gasteiger partial charge in [0.25, 0.3) is 0 Å². The Morgan fingerprint density at radius 2 is 2.00 bits per heavy atom. The number of benzene rings is 1. The summed E-state index contributed by atoms with van der Waals surface area (Å²) in [6.07, 6.45) is 1.66. The SMILES string of the molecule is Cn1ccc(NS(=O)(=O)CCOc2ccc(N)cc2)n1. The second kappa shape index (κ2) is 5.83. The number of nitrogen functional groups attached to an aromatic ring is 1. The summed E-state index contributed by atoms with van der Waals surface area (Å²) < 4.78 is 32.8. The quantitative estimate of drug-likeness (QED) is 0.769. The Hall–Kier alpha value is -2.22. The zero-order valence-corrected chi connectivity index (χ0v) is 11.8. The summed E-state index contributed by atoms with van der Waals surface area (Å²) in [6.45, 7) is 0.0477. The van der Waals surface area contributed by atoms with E-state index in [1.807, 2.05) is 0 Å². The number of rotatable bonds is 6. The standard InChI is InChI=1S/C12H16N4O3S/c1-16-7-6-12(14-16)15-20(17,18)9-8-19-11-4-2-10(13)3-5-11/h2-7H,8-9,13H2,1H3,(H,14,15). The van der Waals surface area contributed by atoms with Crippen molar-refractivity contribution >= 4 is 21.5 Å². The predicted octanol–water partition coefficient (Wildman–Crippen LogP) is 0.823. The van der Waals surface area contributed by atoms with E-state index in [0.29, 0.717) is 17.3 Å². The van der Waals surface area contributed by atoms with Crippen LogP contribution in [0.25, 0.3) is 0 Å². The highest BCUT2D eigenvalue weighted by molar-refractivity contribution is 7.92. The smallest absolute Gasteiger partial charge is 0.237 e. The Balaban J connectivity index is 1.84. The van der Waals surface area contributed by atoms with Crippen molar-refractivity contribution in [3.05, 3.63) is 36.5 Å². The first-order valence-corrected chi connectivity index (χ1v) is 7.58. The maximum absolute atomic E-state index is 11.8. The molecule has 0 amide bonds. The van der Waals surface area contributed by atoms with Crippen LogP contribution in [0.5, 0.6) is 5.75 Å². The third-order valence-corrected chi connectivity index (χ3v) is 3.70. The lowest BCUT2D eigenvalue weighted by atomic mass is 10.3. The lowest BCUT2D eigenvalue weighted by Crippen LogP contribution is -2.21. The molecule has 0 atom stereocenters. The maximum atomic E-state index is 11.8. The zero-order chi connectivity index (χ0) is 14.6.